The van der Waals surface area contributed by atoms with Gasteiger partial charge in [-0.2, -0.15) is 0 Å². The van der Waals surface area contributed by atoms with Crippen LogP contribution in [-0.2, 0) is 11.3 Å². The Kier molecular flexibility index (Phi) is 4.51. The van der Waals surface area contributed by atoms with E-state index in [1.807, 2.05) is 47.4 Å². The molecule has 0 aromatic heterocycles. The second-order valence-electron chi connectivity index (χ2n) is 5.99. The third-order valence-electron chi connectivity index (χ3n) is 4.39. The van der Waals surface area contributed by atoms with E-state index in [0.717, 1.165) is 16.8 Å². The molecule has 124 valence electrons. The molecule has 5 heteroatoms. The molecular formula is C19H20N2O3. The predicted octanol–water partition coefficient (Wildman–Crippen LogP) is 3.32. The second kappa shape index (κ2) is 6.74. The van der Waals surface area contributed by atoms with E-state index < -0.39 is 11.9 Å². The number of carbonyl (C=O) groups excluding carboxylic acids is 1. The average molecular weight is 324 g/mol. The van der Waals surface area contributed by atoms with Crippen LogP contribution >= 0.6 is 0 Å². The summed E-state index contributed by atoms with van der Waals surface area (Å²) < 4.78 is 0. The van der Waals surface area contributed by atoms with Gasteiger partial charge in [0.2, 0.25) is 0 Å². The van der Waals surface area contributed by atoms with Crippen LogP contribution < -0.4 is 4.90 Å². The van der Waals surface area contributed by atoms with Crippen LogP contribution in [0.1, 0.15) is 24.0 Å². The van der Waals surface area contributed by atoms with Gasteiger partial charge in [0.15, 0.2) is 0 Å². The first-order valence-electron chi connectivity index (χ1n) is 7.99. The van der Waals surface area contributed by atoms with Gasteiger partial charge in [-0.15, -0.1) is 0 Å². The van der Waals surface area contributed by atoms with Gasteiger partial charge in [-0.1, -0.05) is 42.5 Å². The SMILES string of the molecule is CC(C(=O)O)c1ccc(N2CCN(Cc3ccccc3)C2=O)cc1. The maximum atomic E-state index is 12.6. The number of benzene rings is 2. The van der Waals surface area contributed by atoms with Crippen molar-refractivity contribution in [3.8, 4) is 0 Å². The minimum atomic E-state index is -0.853. The summed E-state index contributed by atoms with van der Waals surface area (Å²) in [5.74, 6) is -1.41. The zero-order valence-electron chi connectivity index (χ0n) is 13.6. The molecule has 1 saturated heterocycles. The Morgan fingerprint density at radius 3 is 2.38 bits per heavy atom. The summed E-state index contributed by atoms with van der Waals surface area (Å²) in [6, 6.07) is 17.1. The molecular weight excluding hydrogens is 304 g/mol. The topological polar surface area (TPSA) is 60.9 Å². The van der Waals surface area contributed by atoms with Gasteiger partial charge in [0, 0.05) is 25.3 Å². The number of carboxylic acids is 1. The number of urea groups is 1. The Hall–Kier alpha value is -2.82. The Balaban J connectivity index is 1.70. The standard InChI is InChI=1S/C19H20N2O3/c1-14(18(22)23)16-7-9-17(10-8-16)21-12-11-20(19(21)24)13-15-5-3-2-4-6-15/h2-10,14H,11-13H2,1H3,(H,22,23). The van der Waals surface area contributed by atoms with E-state index in [4.69, 9.17) is 5.11 Å². The third-order valence-corrected chi connectivity index (χ3v) is 4.39. The molecule has 2 aromatic rings. The van der Waals surface area contributed by atoms with Gasteiger partial charge in [0.25, 0.3) is 0 Å². The molecule has 0 spiro atoms. The number of hydrogen-bond acceptors (Lipinski definition) is 2. The van der Waals surface area contributed by atoms with Gasteiger partial charge in [0.05, 0.1) is 5.92 Å². The molecule has 0 bridgehead atoms. The van der Waals surface area contributed by atoms with Crippen molar-refractivity contribution in [2.45, 2.75) is 19.4 Å². The molecule has 1 atom stereocenters. The summed E-state index contributed by atoms with van der Waals surface area (Å²) >= 11 is 0. The number of rotatable bonds is 5. The van der Waals surface area contributed by atoms with Crippen molar-refractivity contribution in [3.05, 3.63) is 65.7 Å². The zero-order chi connectivity index (χ0) is 17.1. The number of aliphatic carboxylic acids is 1. The first kappa shape index (κ1) is 16.1. The summed E-state index contributed by atoms with van der Waals surface area (Å²) in [5.41, 5.74) is 2.65. The third kappa shape index (κ3) is 3.25. The Morgan fingerprint density at radius 2 is 1.75 bits per heavy atom. The lowest BCUT2D eigenvalue weighted by molar-refractivity contribution is -0.138. The monoisotopic (exact) mass is 324 g/mol. The van der Waals surface area contributed by atoms with Crippen LogP contribution in [-0.4, -0.2) is 35.1 Å². The first-order valence-corrected chi connectivity index (χ1v) is 7.99. The fourth-order valence-electron chi connectivity index (χ4n) is 2.86. The summed E-state index contributed by atoms with van der Waals surface area (Å²) in [6.45, 7) is 3.57. The number of carbonyl (C=O) groups is 2. The first-order chi connectivity index (χ1) is 11.6. The Labute approximate surface area is 141 Å². The largest absolute Gasteiger partial charge is 0.481 e. The van der Waals surface area contributed by atoms with E-state index in [0.29, 0.717) is 19.6 Å². The van der Waals surface area contributed by atoms with Crippen LogP contribution in [0.25, 0.3) is 0 Å². The molecule has 0 aliphatic carbocycles. The van der Waals surface area contributed by atoms with E-state index in [1.165, 1.54) is 0 Å². The minimum absolute atomic E-state index is 0.0158. The molecule has 2 aromatic carbocycles. The maximum Gasteiger partial charge on any atom is 0.324 e. The van der Waals surface area contributed by atoms with E-state index in [2.05, 4.69) is 0 Å². The lowest BCUT2D eigenvalue weighted by atomic mass is 10.0. The molecule has 0 radical (unpaired) electrons. The molecule has 5 nitrogen and oxygen atoms in total. The Bertz CT molecular complexity index is 728. The highest BCUT2D eigenvalue weighted by Crippen LogP contribution is 2.24. The average Bonchev–Trinajstić information content (AvgIpc) is 2.96. The maximum absolute atomic E-state index is 12.6. The molecule has 3 rings (SSSR count). The van der Waals surface area contributed by atoms with Gasteiger partial charge < -0.3 is 10.0 Å². The predicted molar refractivity (Wildman–Crippen MR) is 92.1 cm³/mol. The van der Waals surface area contributed by atoms with Crippen molar-refractivity contribution in [3.63, 3.8) is 0 Å². The molecule has 24 heavy (non-hydrogen) atoms. The lowest BCUT2D eigenvalue weighted by Gasteiger charge is -2.19. The van der Waals surface area contributed by atoms with Gasteiger partial charge >= 0.3 is 12.0 Å². The van der Waals surface area contributed by atoms with Crippen molar-refractivity contribution in [1.82, 2.24) is 4.90 Å². The van der Waals surface area contributed by atoms with Gasteiger partial charge in [-0.05, 0) is 30.2 Å². The molecule has 1 aliphatic heterocycles. The molecule has 1 heterocycles. The fraction of sp³-hybridized carbons (Fsp3) is 0.263. The van der Waals surface area contributed by atoms with Crippen LogP contribution in [0.2, 0.25) is 0 Å². The lowest BCUT2D eigenvalue weighted by Crippen LogP contribution is -2.31. The van der Waals surface area contributed by atoms with Crippen LogP contribution in [0, 0.1) is 0 Å². The van der Waals surface area contributed by atoms with Crippen molar-refractivity contribution < 1.29 is 14.7 Å². The van der Waals surface area contributed by atoms with Crippen molar-refractivity contribution in [2.75, 3.05) is 18.0 Å². The van der Waals surface area contributed by atoms with Crippen LogP contribution in [0.3, 0.4) is 0 Å². The van der Waals surface area contributed by atoms with Gasteiger partial charge in [-0.25, -0.2) is 4.79 Å². The number of anilines is 1. The molecule has 1 unspecified atom stereocenters. The Morgan fingerprint density at radius 1 is 1.08 bits per heavy atom. The van der Waals surface area contributed by atoms with Crippen LogP contribution in [0.5, 0.6) is 0 Å². The van der Waals surface area contributed by atoms with Crippen molar-refractivity contribution in [2.24, 2.45) is 0 Å². The van der Waals surface area contributed by atoms with Gasteiger partial charge in [0.1, 0.15) is 0 Å². The van der Waals surface area contributed by atoms with E-state index >= 15 is 0 Å². The minimum Gasteiger partial charge on any atom is -0.481 e. The highest BCUT2D eigenvalue weighted by Gasteiger charge is 2.29. The number of carboxylic acid groups (broad SMARTS) is 1. The van der Waals surface area contributed by atoms with Crippen molar-refractivity contribution >= 4 is 17.7 Å². The van der Waals surface area contributed by atoms with Crippen LogP contribution in [0.4, 0.5) is 10.5 Å². The van der Waals surface area contributed by atoms with Crippen LogP contribution in [0.15, 0.2) is 54.6 Å². The number of nitrogens with zero attached hydrogens (tertiary/aromatic N) is 2. The molecule has 0 saturated carbocycles. The van der Waals surface area contributed by atoms with E-state index in [1.54, 1.807) is 24.0 Å². The van der Waals surface area contributed by atoms with E-state index in [-0.39, 0.29) is 6.03 Å². The summed E-state index contributed by atoms with van der Waals surface area (Å²) in [5, 5.41) is 9.06. The van der Waals surface area contributed by atoms with E-state index in [9.17, 15) is 9.59 Å². The summed E-state index contributed by atoms with van der Waals surface area (Å²) in [4.78, 5) is 27.2. The highest BCUT2D eigenvalue weighted by atomic mass is 16.4. The molecule has 2 amide bonds. The zero-order valence-corrected chi connectivity index (χ0v) is 13.6. The fourth-order valence-corrected chi connectivity index (χ4v) is 2.86. The second-order valence-corrected chi connectivity index (χ2v) is 5.99. The highest BCUT2D eigenvalue weighted by molar-refractivity contribution is 5.94. The number of hydrogen-bond donors (Lipinski definition) is 1. The smallest absolute Gasteiger partial charge is 0.324 e. The molecule has 1 aliphatic rings. The van der Waals surface area contributed by atoms with Crippen molar-refractivity contribution in [1.29, 1.82) is 0 Å². The quantitative estimate of drug-likeness (QED) is 0.918. The molecule has 1 N–H and O–H groups in total. The summed E-state index contributed by atoms with van der Waals surface area (Å²) in [6.07, 6.45) is 0. The molecule has 1 fully saturated rings. The number of amides is 2. The summed E-state index contributed by atoms with van der Waals surface area (Å²) in [7, 11) is 0. The van der Waals surface area contributed by atoms with Gasteiger partial charge in [-0.3, -0.25) is 9.69 Å². The normalized spacial score (nSPS) is 15.6.